The normalized spacial score (nSPS) is 23.0. The quantitative estimate of drug-likeness (QED) is 0.461. The Kier molecular flexibility index (Phi) is 5.40. The Bertz CT molecular complexity index is 1110. The molecule has 0 amide bonds. The third-order valence-corrected chi connectivity index (χ3v) is 9.33. The lowest BCUT2D eigenvalue weighted by molar-refractivity contribution is 0.102. The van der Waals surface area contributed by atoms with Crippen molar-refractivity contribution >= 4 is 33.3 Å². The number of carbonyl (C=O) groups excluding carboxylic acids is 1. The molecule has 3 fully saturated rings. The molecule has 31 heavy (non-hydrogen) atoms. The van der Waals surface area contributed by atoms with E-state index in [9.17, 15) is 13.2 Å². The number of carbonyl (C=O) groups is 1. The molecular formula is C21H29N5O3S2. The summed E-state index contributed by atoms with van der Waals surface area (Å²) < 4.78 is 28.1. The molecule has 1 saturated carbocycles. The number of ketones is 1. The van der Waals surface area contributed by atoms with Crippen LogP contribution in [0, 0.1) is 13.8 Å². The Morgan fingerprint density at radius 3 is 2.48 bits per heavy atom. The number of sulfone groups is 1. The number of hydrogen-bond donors (Lipinski definition) is 0. The monoisotopic (exact) mass is 463 g/mol. The predicted molar refractivity (Wildman–Crippen MR) is 121 cm³/mol. The van der Waals surface area contributed by atoms with Crippen LogP contribution in [-0.4, -0.2) is 63.9 Å². The summed E-state index contributed by atoms with van der Waals surface area (Å²) in [5, 5.41) is 9.71. The van der Waals surface area contributed by atoms with E-state index in [1.165, 1.54) is 24.6 Å². The standard InChI is InChI=1S/C21H29N5O3S2/c1-14-11-18(15(2)25(14)17-7-10-31(28,29)13-17)19(27)12-30-21-23-22-20(24-8-3-4-9-24)26(21)16-5-6-16/h11,16-17H,3-10,12-13H2,1-2H3. The van der Waals surface area contributed by atoms with Crippen molar-refractivity contribution in [2.24, 2.45) is 0 Å². The first-order valence-corrected chi connectivity index (χ1v) is 13.9. The van der Waals surface area contributed by atoms with Gasteiger partial charge in [-0.15, -0.1) is 10.2 Å². The Morgan fingerprint density at radius 2 is 1.84 bits per heavy atom. The SMILES string of the molecule is Cc1cc(C(=O)CSc2nnc(N3CCCC3)n2C2CC2)c(C)n1C1CCS(=O)(=O)C1. The summed E-state index contributed by atoms with van der Waals surface area (Å²) >= 11 is 1.46. The maximum Gasteiger partial charge on any atom is 0.228 e. The van der Waals surface area contributed by atoms with Crippen molar-refractivity contribution in [3.05, 3.63) is 23.0 Å². The summed E-state index contributed by atoms with van der Waals surface area (Å²) in [6, 6.07) is 2.29. The van der Waals surface area contributed by atoms with Crippen molar-refractivity contribution in [3.8, 4) is 0 Å². The van der Waals surface area contributed by atoms with Gasteiger partial charge in [-0.3, -0.25) is 9.36 Å². The summed E-state index contributed by atoms with van der Waals surface area (Å²) in [4.78, 5) is 15.4. The van der Waals surface area contributed by atoms with Gasteiger partial charge in [0.2, 0.25) is 5.95 Å². The van der Waals surface area contributed by atoms with Gasteiger partial charge in [0.1, 0.15) is 0 Å². The molecular weight excluding hydrogens is 434 g/mol. The first-order chi connectivity index (χ1) is 14.8. The molecule has 1 unspecified atom stereocenters. The summed E-state index contributed by atoms with van der Waals surface area (Å²) in [6.45, 7) is 5.93. The van der Waals surface area contributed by atoms with Crippen LogP contribution in [0.25, 0.3) is 0 Å². The molecule has 0 aromatic carbocycles. The number of Topliss-reactive ketones (excluding diaryl/α,β-unsaturated/α-hetero) is 1. The molecule has 0 N–H and O–H groups in total. The van der Waals surface area contributed by atoms with Crippen LogP contribution >= 0.6 is 11.8 Å². The molecule has 8 nitrogen and oxygen atoms in total. The van der Waals surface area contributed by atoms with Gasteiger partial charge in [-0.05, 0) is 52.0 Å². The summed E-state index contributed by atoms with van der Waals surface area (Å²) in [5.74, 6) is 1.70. The molecule has 2 aromatic rings. The van der Waals surface area contributed by atoms with Crippen LogP contribution in [0.5, 0.6) is 0 Å². The highest BCUT2D eigenvalue weighted by atomic mass is 32.2. The average Bonchev–Trinajstić information content (AvgIpc) is 3.08. The van der Waals surface area contributed by atoms with E-state index < -0.39 is 9.84 Å². The fraction of sp³-hybridized carbons (Fsp3) is 0.667. The first-order valence-electron chi connectivity index (χ1n) is 11.1. The maximum absolute atomic E-state index is 13.1. The molecule has 5 rings (SSSR count). The van der Waals surface area contributed by atoms with Crippen molar-refractivity contribution in [1.29, 1.82) is 0 Å². The van der Waals surface area contributed by atoms with Crippen LogP contribution in [0.15, 0.2) is 11.2 Å². The van der Waals surface area contributed by atoms with Crippen LogP contribution in [-0.2, 0) is 9.84 Å². The summed E-state index contributed by atoms with van der Waals surface area (Å²) in [5.41, 5.74) is 2.50. The van der Waals surface area contributed by atoms with Gasteiger partial charge in [-0.2, -0.15) is 0 Å². The Hall–Kier alpha value is -1.81. The van der Waals surface area contributed by atoms with Gasteiger partial charge in [0, 0.05) is 42.1 Å². The van der Waals surface area contributed by atoms with E-state index in [0.717, 1.165) is 48.4 Å². The van der Waals surface area contributed by atoms with E-state index in [0.29, 0.717) is 23.8 Å². The Labute approximate surface area is 187 Å². The fourth-order valence-electron chi connectivity index (χ4n) is 4.96. The van der Waals surface area contributed by atoms with E-state index in [1.807, 2.05) is 24.5 Å². The first kappa shape index (κ1) is 21.1. The van der Waals surface area contributed by atoms with Gasteiger partial charge in [-0.1, -0.05) is 11.8 Å². The van der Waals surface area contributed by atoms with Gasteiger partial charge in [0.05, 0.1) is 17.3 Å². The van der Waals surface area contributed by atoms with Crippen LogP contribution in [0.3, 0.4) is 0 Å². The van der Waals surface area contributed by atoms with E-state index in [-0.39, 0.29) is 23.3 Å². The number of anilines is 1. The molecule has 0 radical (unpaired) electrons. The lowest BCUT2D eigenvalue weighted by atomic mass is 10.2. The molecule has 1 aliphatic carbocycles. The van der Waals surface area contributed by atoms with Crippen LogP contribution in [0.2, 0.25) is 0 Å². The minimum atomic E-state index is -2.98. The van der Waals surface area contributed by atoms with E-state index >= 15 is 0 Å². The number of aryl methyl sites for hydroxylation is 1. The van der Waals surface area contributed by atoms with Crippen LogP contribution in [0.1, 0.15) is 65.9 Å². The molecule has 10 heteroatoms. The van der Waals surface area contributed by atoms with Gasteiger partial charge in [-0.25, -0.2) is 8.42 Å². The van der Waals surface area contributed by atoms with E-state index in [4.69, 9.17) is 0 Å². The third-order valence-electron chi connectivity index (χ3n) is 6.64. The zero-order valence-electron chi connectivity index (χ0n) is 18.1. The molecule has 3 aliphatic rings. The van der Waals surface area contributed by atoms with Gasteiger partial charge >= 0.3 is 0 Å². The highest BCUT2D eigenvalue weighted by molar-refractivity contribution is 7.99. The van der Waals surface area contributed by atoms with Gasteiger partial charge in [0.15, 0.2) is 20.8 Å². The second-order valence-electron chi connectivity index (χ2n) is 9.00. The summed E-state index contributed by atoms with van der Waals surface area (Å²) in [6.07, 6.45) is 5.29. The second kappa shape index (κ2) is 7.95. The van der Waals surface area contributed by atoms with E-state index in [2.05, 4.69) is 19.7 Å². The molecule has 0 bridgehead atoms. The molecule has 2 aromatic heterocycles. The average molecular weight is 464 g/mol. The lowest BCUT2D eigenvalue weighted by Crippen LogP contribution is -2.22. The van der Waals surface area contributed by atoms with Crippen LogP contribution in [0.4, 0.5) is 5.95 Å². The molecule has 0 spiro atoms. The number of aromatic nitrogens is 4. The van der Waals surface area contributed by atoms with Gasteiger partial charge < -0.3 is 9.47 Å². The van der Waals surface area contributed by atoms with E-state index in [1.54, 1.807) is 0 Å². The maximum atomic E-state index is 13.1. The van der Waals surface area contributed by atoms with Crippen LogP contribution < -0.4 is 4.90 Å². The van der Waals surface area contributed by atoms with Gasteiger partial charge in [0.25, 0.3) is 0 Å². The molecule has 4 heterocycles. The van der Waals surface area contributed by atoms with Crippen molar-refractivity contribution in [2.75, 3.05) is 35.2 Å². The zero-order chi connectivity index (χ0) is 21.8. The number of nitrogens with zero attached hydrogens (tertiary/aromatic N) is 5. The fourth-order valence-corrected chi connectivity index (χ4v) is 7.54. The minimum Gasteiger partial charge on any atom is -0.344 e. The highest BCUT2D eigenvalue weighted by Gasteiger charge is 2.34. The molecule has 1 atom stereocenters. The Balaban J connectivity index is 1.32. The Morgan fingerprint density at radius 1 is 1.10 bits per heavy atom. The number of rotatable bonds is 7. The lowest BCUT2D eigenvalue weighted by Gasteiger charge is -2.18. The smallest absolute Gasteiger partial charge is 0.228 e. The number of thioether (sulfide) groups is 1. The topological polar surface area (TPSA) is 90.1 Å². The third kappa shape index (κ3) is 4.04. The summed E-state index contributed by atoms with van der Waals surface area (Å²) in [7, 11) is -2.98. The molecule has 2 saturated heterocycles. The number of hydrogen-bond acceptors (Lipinski definition) is 7. The predicted octanol–water partition coefficient (Wildman–Crippen LogP) is 2.97. The van der Waals surface area contributed by atoms with Crippen molar-refractivity contribution in [2.45, 2.75) is 63.2 Å². The second-order valence-corrected chi connectivity index (χ2v) is 12.2. The highest BCUT2D eigenvalue weighted by Crippen LogP contribution is 2.41. The molecule has 2 aliphatic heterocycles. The van der Waals surface area contributed by atoms with Crippen molar-refractivity contribution in [3.63, 3.8) is 0 Å². The van der Waals surface area contributed by atoms with Crippen molar-refractivity contribution in [1.82, 2.24) is 19.3 Å². The largest absolute Gasteiger partial charge is 0.344 e. The minimum absolute atomic E-state index is 0.0540. The zero-order valence-corrected chi connectivity index (χ0v) is 19.7. The van der Waals surface area contributed by atoms with Crippen molar-refractivity contribution < 1.29 is 13.2 Å². The molecule has 168 valence electrons.